The second-order valence-corrected chi connectivity index (χ2v) is 5.70. The summed E-state index contributed by atoms with van der Waals surface area (Å²) < 4.78 is 0. The van der Waals surface area contributed by atoms with Crippen molar-refractivity contribution in [2.24, 2.45) is 5.73 Å². The highest BCUT2D eigenvalue weighted by molar-refractivity contribution is 7.10. The van der Waals surface area contributed by atoms with Gasteiger partial charge in [-0.25, -0.2) is 0 Å². The van der Waals surface area contributed by atoms with Crippen molar-refractivity contribution in [2.75, 3.05) is 0 Å². The molecule has 0 bridgehead atoms. The summed E-state index contributed by atoms with van der Waals surface area (Å²) >= 11 is 7.82. The van der Waals surface area contributed by atoms with Crippen LogP contribution in [0.15, 0.2) is 11.4 Å². The molecule has 1 aromatic rings. The minimum atomic E-state index is -0.0124. The highest BCUT2D eigenvalue weighted by atomic mass is 35.5. The first-order chi connectivity index (χ1) is 5.97. The molecule has 0 radical (unpaired) electrons. The topological polar surface area (TPSA) is 26.0 Å². The first-order valence-electron chi connectivity index (χ1n) is 4.50. The quantitative estimate of drug-likeness (QED) is 0.806. The van der Waals surface area contributed by atoms with Gasteiger partial charge in [0.25, 0.3) is 0 Å². The van der Waals surface area contributed by atoms with Gasteiger partial charge in [0.05, 0.1) is 5.02 Å². The van der Waals surface area contributed by atoms with E-state index in [2.05, 4.69) is 13.8 Å². The van der Waals surface area contributed by atoms with Gasteiger partial charge in [-0.2, -0.15) is 0 Å². The second kappa shape index (κ2) is 2.72. The molecule has 13 heavy (non-hydrogen) atoms. The first kappa shape index (κ1) is 9.50. The summed E-state index contributed by atoms with van der Waals surface area (Å²) in [4.78, 5) is 1.23. The van der Waals surface area contributed by atoms with Crippen LogP contribution < -0.4 is 5.73 Å². The highest BCUT2D eigenvalue weighted by Crippen LogP contribution is 2.51. The predicted molar refractivity (Wildman–Crippen MR) is 58.5 cm³/mol. The number of thiophene rings is 1. The molecule has 1 heterocycles. The van der Waals surface area contributed by atoms with E-state index in [-0.39, 0.29) is 11.0 Å². The van der Waals surface area contributed by atoms with Crippen molar-refractivity contribution in [3.8, 4) is 0 Å². The number of hydrogen-bond acceptors (Lipinski definition) is 2. The van der Waals surface area contributed by atoms with Gasteiger partial charge in [-0.3, -0.25) is 0 Å². The summed E-state index contributed by atoms with van der Waals surface area (Å²) in [5, 5.41) is 2.90. The Morgan fingerprint density at radius 1 is 1.54 bits per heavy atom. The molecule has 0 spiro atoms. The van der Waals surface area contributed by atoms with E-state index in [4.69, 9.17) is 17.3 Å². The third-order valence-electron chi connectivity index (χ3n) is 3.22. The van der Waals surface area contributed by atoms with Crippen LogP contribution in [0, 0.1) is 0 Å². The summed E-state index contributed by atoms with van der Waals surface area (Å²) in [6.07, 6.45) is 2.24. The van der Waals surface area contributed by atoms with Gasteiger partial charge in [-0.05, 0) is 24.3 Å². The number of rotatable bonds is 2. The minimum absolute atomic E-state index is 0.0124. The van der Waals surface area contributed by atoms with Crippen LogP contribution in [0.5, 0.6) is 0 Å². The molecule has 0 unspecified atom stereocenters. The summed E-state index contributed by atoms with van der Waals surface area (Å²) in [5.74, 6) is 0. The normalized spacial score (nSPS) is 20.3. The lowest BCUT2D eigenvalue weighted by Crippen LogP contribution is -2.42. The van der Waals surface area contributed by atoms with Crippen LogP contribution in [-0.2, 0) is 5.41 Å². The molecule has 1 aromatic heterocycles. The van der Waals surface area contributed by atoms with E-state index in [1.807, 2.05) is 11.4 Å². The summed E-state index contributed by atoms with van der Waals surface area (Å²) in [7, 11) is 0. The molecule has 3 heteroatoms. The maximum Gasteiger partial charge on any atom is 0.0551 e. The predicted octanol–water partition coefficient (Wildman–Crippen LogP) is 3.17. The second-order valence-electron chi connectivity index (χ2n) is 4.38. The fraction of sp³-hybridized carbons (Fsp3) is 0.600. The molecule has 0 atom stereocenters. The lowest BCUT2D eigenvalue weighted by Gasteiger charge is -2.31. The van der Waals surface area contributed by atoms with Crippen molar-refractivity contribution in [3.05, 3.63) is 21.3 Å². The number of nitrogens with two attached hydrogens (primary N) is 1. The van der Waals surface area contributed by atoms with Crippen LogP contribution in [-0.4, -0.2) is 5.54 Å². The van der Waals surface area contributed by atoms with Crippen LogP contribution in [0.3, 0.4) is 0 Å². The van der Waals surface area contributed by atoms with Gasteiger partial charge in [-0.1, -0.05) is 25.4 Å². The summed E-state index contributed by atoms with van der Waals surface area (Å²) in [6.45, 7) is 4.38. The summed E-state index contributed by atoms with van der Waals surface area (Å²) in [6, 6.07) is 1.95. The Hall–Kier alpha value is -0.0500. The first-order valence-corrected chi connectivity index (χ1v) is 5.75. The van der Waals surface area contributed by atoms with Crippen LogP contribution >= 0.6 is 22.9 Å². The van der Waals surface area contributed by atoms with Gasteiger partial charge in [-0.15, -0.1) is 11.3 Å². The largest absolute Gasteiger partial charge is 0.324 e. The zero-order valence-electron chi connectivity index (χ0n) is 7.93. The zero-order chi connectivity index (χ0) is 9.69. The fourth-order valence-corrected chi connectivity index (χ4v) is 3.25. The molecule has 72 valence electrons. The van der Waals surface area contributed by atoms with Crippen LogP contribution in [0.25, 0.3) is 0 Å². The average Bonchev–Trinajstić information content (AvgIpc) is 2.63. The van der Waals surface area contributed by atoms with Gasteiger partial charge >= 0.3 is 0 Å². The van der Waals surface area contributed by atoms with Crippen molar-refractivity contribution < 1.29 is 0 Å². The van der Waals surface area contributed by atoms with Gasteiger partial charge in [0.2, 0.25) is 0 Å². The van der Waals surface area contributed by atoms with Crippen LogP contribution in [0.2, 0.25) is 5.02 Å². The highest BCUT2D eigenvalue weighted by Gasteiger charge is 2.53. The van der Waals surface area contributed by atoms with E-state index in [0.29, 0.717) is 0 Å². The molecule has 0 amide bonds. The molecule has 1 saturated carbocycles. The van der Waals surface area contributed by atoms with Crippen molar-refractivity contribution in [3.63, 3.8) is 0 Å². The van der Waals surface area contributed by atoms with Crippen molar-refractivity contribution in [1.82, 2.24) is 0 Å². The van der Waals surface area contributed by atoms with E-state index < -0.39 is 0 Å². The van der Waals surface area contributed by atoms with Gasteiger partial charge in [0.1, 0.15) is 0 Å². The van der Waals surface area contributed by atoms with Crippen molar-refractivity contribution >= 4 is 22.9 Å². The Kier molecular flexibility index (Phi) is 1.99. The molecule has 1 aliphatic rings. The SMILES string of the molecule is CC(C)(c1sccc1Cl)C1(N)CC1. The van der Waals surface area contributed by atoms with Crippen LogP contribution in [0.4, 0.5) is 0 Å². The number of hydrogen-bond donors (Lipinski definition) is 1. The molecule has 0 saturated heterocycles. The Morgan fingerprint density at radius 3 is 2.54 bits per heavy atom. The van der Waals surface area contributed by atoms with E-state index in [1.165, 1.54) is 4.88 Å². The average molecular weight is 216 g/mol. The molecule has 2 N–H and O–H groups in total. The van der Waals surface area contributed by atoms with Crippen molar-refractivity contribution in [2.45, 2.75) is 37.6 Å². The molecule has 0 aliphatic heterocycles. The van der Waals surface area contributed by atoms with E-state index >= 15 is 0 Å². The lowest BCUT2D eigenvalue weighted by atomic mass is 9.81. The summed E-state index contributed by atoms with van der Waals surface area (Å²) in [5.41, 5.74) is 6.25. The Balaban J connectivity index is 2.40. The molecule has 0 aromatic carbocycles. The Bertz CT molecular complexity index is 325. The van der Waals surface area contributed by atoms with Gasteiger partial charge < -0.3 is 5.73 Å². The Labute approximate surface area is 87.9 Å². The standard InChI is InChI=1S/C10H14ClNS/c1-9(2,10(12)4-5-10)8-7(11)3-6-13-8/h3,6H,4-5,12H2,1-2H3. The Morgan fingerprint density at radius 2 is 2.15 bits per heavy atom. The molecule has 1 nitrogen and oxygen atoms in total. The van der Waals surface area contributed by atoms with E-state index in [1.54, 1.807) is 11.3 Å². The fourth-order valence-electron chi connectivity index (χ4n) is 1.73. The van der Waals surface area contributed by atoms with Gasteiger partial charge in [0.15, 0.2) is 0 Å². The third kappa shape index (κ3) is 1.32. The maximum atomic E-state index is 6.23. The van der Waals surface area contributed by atoms with E-state index in [0.717, 1.165) is 17.9 Å². The molecular formula is C10H14ClNS. The lowest BCUT2D eigenvalue weighted by molar-refractivity contribution is 0.399. The van der Waals surface area contributed by atoms with Crippen molar-refractivity contribution in [1.29, 1.82) is 0 Å². The monoisotopic (exact) mass is 215 g/mol. The zero-order valence-corrected chi connectivity index (χ0v) is 9.50. The minimum Gasteiger partial charge on any atom is -0.324 e. The van der Waals surface area contributed by atoms with Crippen LogP contribution in [0.1, 0.15) is 31.6 Å². The third-order valence-corrected chi connectivity index (χ3v) is 4.88. The van der Waals surface area contributed by atoms with E-state index in [9.17, 15) is 0 Å². The molecule has 2 rings (SSSR count). The molecular weight excluding hydrogens is 202 g/mol. The molecule has 1 aliphatic carbocycles. The number of halogens is 1. The smallest absolute Gasteiger partial charge is 0.0551 e. The molecule has 1 fully saturated rings. The maximum absolute atomic E-state index is 6.23. The van der Waals surface area contributed by atoms with Gasteiger partial charge in [0, 0.05) is 15.8 Å².